The van der Waals surface area contributed by atoms with E-state index in [2.05, 4.69) is 22.5 Å². The molecule has 1 rings (SSSR count). The second-order valence-corrected chi connectivity index (χ2v) is 4.87. The van der Waals surface area contributed by atoms with Crippen LogP contribution >= 0.6 is 15.9 Å². The zero-order valence-electron chi connectivity index (χ0n) is 8.62. The predicted molar refractivity (Wildman–Crippen MR) is 59.3 cm³/mol. The van der Waals surface area contributed by atoms with E-state index in [1.807, 2.05) is 13.8 Å². The van der Waals surface area contributed by atoms with E-state index < -0.39 is 0 Å². The van der Waals surface area contributed by atoms with Gasteiger partial charge in [-0.3, -0.25) is 4.79 Å². The number of carbonyl (C=O) groups excluding carboxylic acids is 1. The molecule has 4 heteroatoms. The third-order valence-corrected chi connectivity index (χ3v) is 2.37. The Kier molecular flexibility index (Phi) is 4.13. The fourth-order valence-electron chi connectivity index (χ4n) is 1.63. The molecule has 3 nitrogen and oxygen atoms in total. The highest BCUT2D eigenvalue weighted by molar-refractivity contribution is 9.11. The molecule has 14 heavy (non-hydrogen) atoms. The van der Waals surface area contributed by atoms with E-state index in [1.54, 1.807) is 4.90 Å². The number of hydrogen-bond donors (Lipinski definition) is 0. The molecule has 0 aromatic heterocycles. The minimum Gasteiger partial charge on any atom is -0.373 e. The molecule has 0 aliphatic carbocycles. The van der Waals surface area contributed by atoms with Gasteiger partial charge in [-0.1, -0.05) is 22.5 Å². The number of hydrogen-bond acceptors (Lipinski definition) is 2. The minimum absolute atomic E-state index is 0.0195. The molecule has 0 radical (unpaired) electrons. The van der Waals surface area contributed by atoms with E-state index in [1.165, 1.54) is 0 Å². The molecule has 1 saturated heterocycles. The smallest absolute Gasteiger partial charge is 0.225 e. The van der Waals surface area contributed by atoms with Crippen LogP contribution < -0.4 is 0 Å². The van der Waals surface area contributed by atoms with Gasteiger partial charge in [-0.2, -0.15) is 0 Å². The first-order valence-corrected chi connectivity index (χ1v) is 5.55. The summed E-state index contributed by atoms with van der Waals surface area (Å²) in [6.07, 6.45) is 0.583. The molecule has 1 aliphatic heterocycles. The number of ether oxygens (including phenoxy) is 1. The van der Waals surface area contributed by atoms with E-state index in [9.17, 15) is 4.79 Å². The number of nitrogens with zero attached hydrogens (tertiary/aromatic N) is 1. The molecular weight excluding hydrogens is 246 g/mol. The first-order chi connectivity index (χ1) is 6.49. The average Bonchev–Trinajstić information content (AvgIpc) is 2.10. The third kappa shape index (κ3) is 3.42. The number of carbonyl (C=O) groups is 1. The SMILES string of the molecule is C=C(Br)CN1CC(C)OC(C)CC1=O. The van der Waals surface area contributed by atoms with E-state index in [0.29, 0.717) is 19.5 Å². The third-order valence-electron chi connectivity index (χ3n) is 2.12. The fraction of sp³-hybridized carbons (Fsp3) is 0.700. The molecule has 1 aliphatic rings. The van der Waals surface area contributed by atoms with E-state index in [-0.39, 0.29) is 18.1 Å². The van der Waals surface area contributed by atoms with Gasteiger partial charge < -0.3 is 9.64 Å². The molecule has 0 N–H and O–H groups in total. The van der Waals surface area contributed by atoms with Crippen LogP contribution in [0.5, 0.6) is 0 Å². The Morgan fingerprint density at radius 1 is 1.64 bits per heavy atom. The van der Waals surface area contributed by atoms with Crippen molar-refractivity contribution >= 4 is 21.8 Å². The Balaban J connectivity index is 2.64. The van der Waals surface area contributed by atoms with Crippen molar-refractivity contribution in [1.82, 2.24) is 4.90 Å². The highest BCUT2D eigenvalue weighted by Crippen LogP contribution is 2.15. The fourth-order valence-corrected chi connectivity index (χ4v) is 1.94. The Hall–Kier alpha value is -0.350. The Morgan fingerprint density at radius 2 is 2.29 bits per heavy atom. The monoisotopic (exact) mass is 261 g/mol. The van der Waals surface area contributed by atoms with Crippen molar-refractivity contribution < 1.29 is 9.53 Å². The van der Waals surface area contributed by atoms with Gasteiger partial charge in [0.25, 0.3) is 0 Å². The Bertz CT molecular complexity index is 242. The maximum absolute atomic E-state index is 11.7. The summed E-state index contributed by atoms with van der Waals surface area (Å²) < 4.78 is 6.41. The zero-order chi connectivity index (χ0) is 10.7. The quantitative estimate of drug-likeness (QED) is 0.761. The second-order valence-electron chi connectivity index (χ2n) is 3.75. The molecule has 80 valence electrons. The maximum Gasteiger partial charge on any atom is 0.225 e. The molecule has 1 amide bonds. The molecule has 0 bridgehead atoms. The maximum atomic E-state index is 11.7. The molecule has 2 atom stereocenters. The highest BCUT2D eigenvalue weighted by atomic mass is 79.9. The molecule has 0 aromatic rings. The first kappa shape index (κ1) is 11.7. The van der Waals surface area contributed by atoms with Crippen molar-refractivity contribution in [3.8, 4) is 0 Å². The van der Waals surface area contributed by atoms with E-state index in [4.69, 9.17) is 4.74 Å². The van der Waals surface area contributed by atoms with Crippen molar-refractivity contribution in [2.75, 3.05) is 13.1 Å². The highest BCUT2D eigenvalue weighted by Gasteiger charge is 2.25. The summed E-state index contributed by atoms with van der Waals surface area (Å²) in [5, 5.41) is 0. The zero-order valence-corrected chi connectivity index (χ0v) is 10.2. The molecule has 0 aromatic carbocycles. The summed E-state index contributed by atoms with van der Waals surface area (Å²) in [7, 11) is 0. The molecule has 0 saturated carbocycles. The summed E-state index contributed by atoms with van der Waals surface area (Å²) in [4.78, 5) is 13.5. The van der Waals surface area contributed by atoms with Crippen molar-refractivity contribution in [2.45, 2.75) is 32.5 Å². The number of rotatable bonds is 2. The van der Waals surface area contributed by atoms with Crippen molar-refractivity contribution in [1.29, 1.82) is 0 Å². The van der Waals surface area contributed by atoms with Gasteiger partial charge in [0.15, 0.2) is 0 Å². The van der Waals surface area contributed by atoms with Crippen LogP contribution in [0.4, 0.5) is 0 Å². The number of halogens is 1. The Labute approximate surface area is 93.2 Å². The summed E-state index contributed by atoms with van der Waals surface area (Å²) >= 11 is 3.27. The average molecular weight is 262 g/mol. The van der Waals surface area contributed by atoms with Crippen molar-refractivity contribution in [3.05, 3.63) is 11.1 Å². The van der Waals surface area contributed by atoms with Crippen LogP contribution in [0.25, 0.3) is 0 Å². The lowest BCUT2D eigenvalue weighted by molar-refractivity contribution is -0.130. The Morgan fingerprint density at radius 3 is 2.86 bits per heavy atom. The standard InChI is InChI=1S/C10H16BrNO2/c1-7(11)5-12-6-9(3)14-8(2)4-10(12)13/h8-9H,1,4-6H2,2-3H3. The topological polar surface area (TPSA) is 29.5 Å². The van der Waals surface area contributed by atoms with Crippen LogP contribution in [0.2, 0.25) is 0 Å². The van der Waals surface area contributed by atoms with Crippen molar-refractivity contribution in [2.24, 2.45) is 0 Å². The van der Waals surface area contributed by atoms with Gasteiger partial charge in [0.2, 0.25) is 5.91 Å². The van der Waals surface area contributed by atoms with Gasteiger partial charge in [0.1, 0.15) is 0 Å². The van der Waals surface area contributed by atoms with Crippen LogP contribution in [0.15, 0.2) is 11.1 Å². The molecule has 1 fully saturated rings. The van der Waals surface area contributed by atoms with Gasteiger partial charge in [-0.05, 0) is 13.8 Å². The van der Waals surface area contributed by atoms with Gasteiger partial charge in [0, 0.05) is 11.0 Å². The summed E-state index contributed by atoms with van der Waals surface area (Å²) in [6.45, 7) is 8.87. The van der Waals surface area contributed by atoms with Gasteiger partial charge in [0.05, 0.1) is 25.2 Å². The van der Waals surface area contributed by atoms with Crippen LogP contribution in [0.3, 0.4) is 0 Å². The predicted octanol–water partition coefficient (Wildman–Crippen LogP) is 1.92. The molecule has 2 unspecified atom stereocenters. The van der Waals surface area contributed by atoms with Crippen LogP contribution in [-0.2, 0) is 9.53 Å². The minimum atomic E-state index is 0.0195. The van der Waals surface area contributed by atoms with Crippen molar-refractivity contribution in [3.63, 3.8) is 0 Å². The molecule has 0 spiro atoms. The summed E-state index contributed by atoms with van der Waals surface area (Å²) in [5.74, 6) is 0.141. The summed E-state index contributed by atoms with van der Waals surface area (Å²) in [6, 6.07) is 0. The van der Waals surface area contributed by atoms with Gasteiger partial charge >= 0.3 is 0 Å². The van der Waals surface area contributed by atoms with E-state index >= 15 is 0 Å². The largest absolute Gasteiger partial charge is 0.373 e. The van der Waals surface area contributed by atoms with Crippen LogP contribution in [-0.4, -0.2) is 36.1 Å². The molecule has 1 heterocycles. The van der Waals surface area contributed by atoms with Crippen LogP contribution in [0, 0.1) is 0 Å². The van der Waals surface area contributed by atoms with Gasteiger partial charge in [-0.15, -0.1) is 0 Å². The lowest BCUT2D eigenvalue weighted by Crippen LogP contribution is -2.35. The normalized spacial score (nSPS) is 28.8. The first-order valence-electron chi connectivity index (χ1n) is 4.75. The van der Waals surface area contributed by atoms with Gasteiger partial charge in [-0.25, -0.2) is 0 Å². The lowest BCUT2D eigenvalue weighted by atomic mass is 10.2. The lowest BCUT2D eigenvalue weighted by Gasteiger charge is -2.21. The second kappa shape index (κ2) is 4.94. The number of amides is 1. The van der Waals surface area contributed by atoms with E-state index in [0.717, 1.165) is 4.48 Å². The summed E-state index contributed by atoms with van der Waals surface area (Å²) in [5.41, 5.74) is 0. The van der Waals surface area contributed by atoms with Crippen LogP contribution in [0.1, 0.15) is 20.3 Å². The molecular formula is C10H16BrNO2.